The van der Waals surface area contributed by atoms with E-state index in [0.717, 1.165) is 0 Å². The van der Waals surface area contributed by atoms with Gasteiger partial charge in [0.2, 0.25) is 0 Å². The smallest absolute Gasteiger partial charge is 0.358 e. The largest absolute Gasteiger partial charge is 0.476 e. The molecule has 1 N–H and O–H groups in total. The number of rotatable bonds is 2. The first-order valence-electron chi connectivity index (χ1n) is 4.12. The van der Waals surface area contributed by atoms with Gasteiger partial charge in [0.05, 0.1) is 5.56 Å². The minimum absolute atomic E-state index is 0.179. The van der Waals surface area contributed by atoms with Crippen LogP contribution >= 0.6 is 0 Å². The zero-order valence-electron chi connectivity index (χ0n) is 7.48. The van der Waals surface area contributed by atoms with Crippen LogP contribution in [-0.2, 0) is 0 Å². The zero-order chi connectivity index (χ0) is 10.8. The van der Waals surface area contributed by atoms with Gasteiger partial charge in [-0.25, -0.2) is 9.18 Å². The van der Waals surface area contributed by atoms with Gasteiger partial charge in [-0.3, -0.25) is 0 Å². The van der Waals surface area contributed by atoms with Gasteiger partial charge in [-0.05, 0) is 17.7 Å². The number of nitrogens with zero attached hydrogens (tertiary/aromatic N) is 1. The molecule has 2 rings (SSSR count). The molecule has 15 heavy (non-hydrogen) atoms. The van der Waals surface area contributed by atoms with Crippen molar-refractivity contribution in [3.63, 3.8) is 0 Å². The molecule has 0 unspecified atom stereocenters. The maximum atomic E-state index is 12.6. The monoisotopic (exact) mass is 207 g/mol. The summed E-state index contributed by atoms with van der Waals surface area (Å²) < 4.78 is 17.2. The van der Waals surface area contributed by atoms with Gasteiger partial charge in [0.1, 0.15) is 12.1 Å². The Morgan fingerprint density at radius 3 is 2.60 bits per heavy atom. The van der Waals surface area contributed by atoms with E-state index in [1.54, 1.807) is 0 Å². The van der Waals surface area contributed by atoms with Crippen LogP contribution in [0.15, 0.2) is 35.1 Å². The van der Waals surface area contributed by atoms with E-state index < -0.39 is 5.97 Å². The van der Waals surface area contributed by atoms with Crippen LogP contribution in [0.5, 0.6) is 0 Å². The Hall–Kier alpha value is -2.17. The molecule has 5 heteroatoms. The van der Waals surface area contributed by atoms with E-state index >= 15 is 0 Å². The molecular weight excluding hydrogens is 201 g/mol. The van der Waals surface area contributed by atoms with Crippen LogP contribution in [0.4, 0.5) is 4.39 Å². The molecule has 0 aliphatic carbocycles. The maximum absolute atomic E-state index is 12.6. The van der Waals surface area contributed by atoms with E-state index in [-0.39, 0.29) is 11.5 Å². The molecule has 0 saturated carbocycles. The van der Waals surface area contributed by atoms with E-state index in [2.05, 4.69) is 9.68 Å². The molecule has 0 spiro atoms. The van der Waals surface area contributed by atoms with Crippen molar-refractivity contribution in [2.45, 2.75) is 0 Å². The van der Waals surface area contributed by atoms with Crippen LogP contribution in [0.25, 0.3) is 11.1 Å². The Labute approximate surface area is 83.9 Å². The molecule has 0 aliphatic rings. The first-order chi connectivity index (χ1) is 7.18. The highest BCUT2D eigenvalue weighted by atomic mass is 19.1. The van der Waals surface area contributed by atoms with Crippen molar-refractivity contribution in [2.75, 3.05) is 0 Å². The average molecular weight is 207 g/mol. The quantitative estimate of drug-likeness (QED) is 0.819. The molecule has 0 fully saturated rings. The summed E-state index contributed by atoms with van der Waals surface area (Å²) in [5.74, 6) is -1.56. The molecule has 1 aromatic carbocycles. The zero-order valence-corrected chi connectivity index (χ0v) is 7.48. The van der Waals surface area contributed by atoms with Crippen LogP contribution in [0.1, 0.15) is 10.5 Å². The average Bonchev–Trinajstić information content (AvgIpc) is 2.67. The molecule has 1 aromatic heterocycles. The van der Waals surface area contributed by atoms with E-state index in [9.17, 15) is 9.18 Å². The summed E-state index contributed by atoms with van der Waals surface area (Å²) in [7, 11) is 0. The lowest BCUT2D eigenvalue weighted by atomic mass is 10.1. The highest BCUT2D eigenvalue weighted by Gasteiger charge is 2.16. The highest BCUT2D eigenvalue weighted by Crippen LogP contribution is 2.23. The summed E-state index contributed by atoms with van der Waals surface area (Å²) in [6, 6.07) is 5.42. The molecule has 0 aliphatic heterocycles. The van der Waals surface area contributed by atoms with Crippen molar-refractivity contribution in [1.29, 1.82) is 0 Å². The number of hydrogen-bond donors (Lipinski definition) is 1. The summed E-state index contributed by atoms with van der Waals surface area (Å²) in [6.45, 7) is 0. The molecule has 0 saturated heterocycles. The predicted octanol–water partition coefficient (Wildman–Crippen LogP) is 2.18. The number of hydrogen-bond acceptors (Lipinski definition) is 3. The van der Waals surface area contributed by atoms with E-state index in [0.29, 0.717) is 11.1 Å². The van der Waals surface area contributed by atoms with Crippen molar-refractivity contribution in [2.24, 2.45) is 0 Å². The van der Waals surface area contributed by atoms with Gasteiger partial charge < -0.3 is 9.63 Å². The van der Waals surface area contributed by atoms with Crippen LogP contribution in [0, 0.1) is 5.82 Å². The van der Waals surface area contributed by atoms with Gasteiger partial charge in [-0.15, -0.1) is 0 Å². The number of carboxylic acids is 1. The first-order valence-corrected chi connectivity index (χ1v) is 4.12. The molecule has 4 nitrogen and oxygen atoms in total. The molecule has 0 bridgehead atoms. The Morgan fingerprint density at radius 2 is 2.00 bits per heavy atom. The fourth-order valence-electron chi connectivity index (χ4n) is 1.23. The van der Waals surface area contributed by atoms with Gasteiger partial charge in [0.25, 0.3) is 0 Å². The molecule has 1 heterocycles. The molecule has 2 aromatic rings. The van der Waals surface area contributed by atoms with Gasteiger partial charge >= 0.3 is 5.97 Å². The van der Waals surface area contributed by atoms with E-state index in [4.69, 9.17) is 5.11 Å². The van der Waals surface area contributed by atoms with Crippen LogP contribution < -0.4 is 0 Å². The minimum atomic E-state index is -1.18. The molecule has 76 valence electrons. The Morgan fingerprint density at radius 1 is 1.33 bits per heavy atom. The Balaban J connectivity index is 2.49. The first kappa shape index (κ1) is 9.39. The summed E-state index contributed by atoms with van der Waals surface area (Å²) in [5, 5.41) is 12.1. The van der Waals surface area contributed by atoms with Gasteiger partial charge in [-0.2, -0.15) is 0 Å². The molecule has 0 amide bonds. The lowest BCUT2D eigenvalue weighted by molar-refractivity contribution is 0.0686. The number of carbonyl (C=O) groups is 1. The van der Waals surface area contributed by atoms with Gasteiger partial charge in [-0.1, -0.05) is 17.3 Å². The normalized spacial score (nSPS) is 10.2. The third-order valence-electron chi connectivity index (χ3n) is 1.93. The van der Waals surface area contributed by atoms with Gasteiger partial charge in [0.15, 0.2) is 5.69 Å². The number of carboxylic acid groups (broad SMARTS) is 1. The van der Waals surface area contributed by atoms with Crippen molar-refractivity contribution >= 4 is 5.97 Å². The van der Waals surface area contributed by atoms with Crippen LogP contribution in [0.3, 0.4) is 0 Å². The molecular formula is C10H6FNO3. The summed E-state index contributed by atoms with van der Waals surface area (Å²) in [5.41, 5.74) is 0.708. The summed E-state index contributed by atoms with van der Waals surface area (Å²) >= 11 is 0. The SMILES string of the molecule is O=C(O)c1nocc1-c1ccc(F)cc1. The van der Waals surface area contributed by atoms with Crippen LogP contribution in [-0.4, -0.2) is 16.2 Å². The van der Waals surface area contributed by atoms with Crippen molar-refractivity contribution in [3.8, 4) is 11.1 Å². The van der Waals surface area contributed by atoms with Crippen molar-refractivity contribution < 1.29 is 18.8 Å². The lowest BCUT2D eigenvalue weighted by Crippen LogP contribution is -1.98. The third-order valence-corrected chi connectivity index (χ3v) is 1.93. The Kier molecular flexibility index (Phi) is 2.21. The number of aromatic carboxylic acids is 1. The second-order valence-corrected chi connectivity index (χ2v) is 2.89. The minimum Gasteiger partial charge on any atom is -0.476 e. The highest BCUT2D eigenvalue weighted by molar-refractivity contribution is 5.93. The van der Waals surface area contributed by atoms with Crippen LogP contribution in [0.2, 0.25) is 0 Å². The van der Waals surface area contributed by atoms with E-state index in [1.807, 2.05) is 0 Å². The van der Waals surface area contributed by atoms with E-state index in [1.165, 1.54) is 30.5 Å². The standard InChI is InChI=1S/C10H6FNO3/c11-7-3-1-6(2-4-7)8-5-15-12-9(8)10(13)14/h1-5H,(H,13,14). The predicted molar refractivity (Wildman–Crippen MR) is 48.9 cm³/mol. The molecule has 0 radical (unpaired) electrons. The second kappa shape index (κ2) is 3.53. The fraction of sp³-hybridized carbons (Fsp3) is 0. The lowest BCUT2D eigenvalue weighted by Gasteiger charge is -1.97. The number of halogens is 1. The maximum Gasteiger partial charge on any atom is 0.358 e. The van der Waals surface area contributed by atoms with Crippen molar-refractivity contribution in [1.82, 2.24) is 5.16 Å². The molecule has 0 atom stereocenters. The number of aromatic nitrogens is 1. The fourth-order valence-corrected chi connectivity index (χ4v) is 1.23. The summed E-state index contributed by atoms with van der Waals surface area (Å²) in [4.78, 5) is 10.7. The number of benzene rings is 1. The van der Waals surface area contributed by atoms with Crippen molar-refractivity contribution in [3.05, 3.63) is 42.0 Å². The summed E-state index contributed by atoms with van der Waals surface area (Å²) in [6.07, 6.45) is 1.22. The third kappa shape index (κ3) is 1.71. The Bertz CT molecular complexity index is 490. The topological polar surface area (TPSA) is 63.3 Å². The van der Waals surface area contributed by atoms with Gasteiger partial charge in [0, 0.05) is 0 Å². The second-order valence-electron chi connectivity index (χ2n) is 2.89.